The number of pyridine rings is 1. The zero-order chi connectivity index (χ0) is 43.4. The van der Waals surface area contributed by atoms with Gasteiger partial charge < -0.3 is 4.40 Å². The lowest BCUT2D eigenvalue weighted by molar-refractivity contribution is -0.0398. The van der Waals surface area contributed by atoms with Crippen LogP contribution in [0.2, 0.25) is 0 Å². The second-order valence-electron chi connectivity index (χ2n) is 24.1. The molecule has 3 aromatic heterocycles. The summed E-state index contributed by atoms with van der Waals surface area (Å²) in [5.41, 5.74) is 23.8. The van der Waals surface area contributed by atoms with E-state index in [-0.39, 0.29) is 5.41 Å². The highest BCUT2D eigenvalue weighted by Crippen LogP contribution is 2.70. The summed E-state index contributed by atoms with van der Waals surface area (Å²) in [6.45, 7) is 14.5. The molecule has 9 aliphatic rings. The van der Waals surface area contributed by atoms with E-state index in [1.54, 1.807) is 16.7 Å². The van der Waals surface area contributed by atoms with E-state index in [2.05, 4.69) is 137 Å². The van der Waals surface area contributed by atoms with E-state index in [0.29, 0.717) is 29.6 Å². The van der Waals surface area contributed by atoms with Crippen molar-refractivity contribution in [2.24, 2.45) is 35.5 Å². The van der Waals surface area contributed by atoms with Crippen molar-refractivity contribution in [1.29, 1.82) is 0 Å². The van der Waals surface area contributed by atoms with Gasteiger partial charge in [-0.15, -0.1) is 0 Å². The summed E-state index contributed by atoms with van der Waals surface area (Å²) >= 11 is 0. The number of aromatic nitrogens is 2. The van der Waals surface area contributed by atoms with Crippen LogP contribution in [-0.4, -0.2) is 9.38 Å². The van der Waals surface area contributed by atoms with Crippen molar-refractivity contribution in [3.63, 3.8) is 0 Å². The predicted octanol–water partition coefficient (Wildman–Crippen LogP) is 17.0. The first-order valence-corrected chi connectivity index (χ1v) is 26.2. The smallest absolute Gasteiger partial charge is 0.0728 e. The quantitative estimate of drug-likeness (QED) is 0.169. The predicted molar refractivity (Wildman–Crippen MR) is 271 cm³/mol. The summed E-state index contributed by atoms with van der Waals surface area (Å²) < 4.78 is 2.74. The Hall–Kier alpha value is -4.95. The van der Waals surface area contributed by atoms with E-state index >= 15 is 0 Å². The molecule has 65 heavy (non-hydrogen) atoms. The Morgan fingerprint density at radius 2 is 1.15 bits per heavy atom. The lowest BCUT2D eigenvalue weighted by Crippen LogP contribution is -2.55. The number of rotatable bonds is 5. The molecule has 0 N–H and O–H groups in total. The van der Waals surface area contributed by atoms with Gasteiger partial charge in [0.15, 0.2) is 0 Å². The van der Waals surface area contributed by atoms with Crippen molar-refractivity contribution >= 4 is 38.1 Å². The highest BCUT2D eigenvalue weighted by molar-refractivity contribution is 6.26. The molecule has 6 fully saturated rings. The Morgan fingerprint density at radius 1 is 0.523 bits per heavy atom. The van der Waals surface area contributed by atoms with Crippen LogP contribution in [0.15, 0.2) is 91.1 Å². The van der Waals surface area contributed by atoms with Crippen molar-refractivity contribution in [2.45, 2.75) is 141 Å². The Bertz CT molecular complexity index is 3250. The van der Waals surface area contributed by atoms with Crippen LogP contribution in [0.1, 0.15) is 174 Å². The maximum absolute atomic E-state index is 5.64. The Balaban J connectivity index is 1.08. The number of benzene rings is 5. The summed E-state index contributed by atoms with van der Waals surface area (Å²) in [5.74, 6) is 7.55. The number of hydrogen-bond donors (Lipinski definition) is 0. The molecule has 2 heteroatoms. The molecule has 2 unspecified atom stereocenters. The maximum Gasteiger partial charge on any atom is 0.0728 e. The Kier molecular flexibility index (Phi) is 7.72. The highest BCUT2D eigenvalue weighted by atomic mass is 14.9. The van der Waals surface area contributed by atoms with Gasteiger partial charge in [-0.2, -0.15) is 0 Å². The molecule has 17 rings (SSSR count). The van der Waals surface area contributed by atoms with Crippen molar-refractivity contribution < 1.29 is 0 Å². The molecule has 0 radical (unpaired) electrons. The average molecular weight is 849 g/mol. The topological polar surface area (TPSA) is 17.3 Å². The standard InChI is InChI=1S/C63H64N2/c1-32(2)41-25-47(33(3)4)58(48(26-41)34(5)6)43-27-52-51-29-55-50(49-24-40(39-10-8-7-9-11-39)12-13-54(49)63(55)45-20-37-15-38(22-45)23-46(63)21-37)30-56(51)65-57-31-64-61-44-18-35-14-36(19-44)17-42(16-35)59(61)60(57)53(28-43)62(52)65/h7-13,24-38,42,44-46H,14-23H2,1-6H3. The van der Waals surface area contributed by atoms with E-state index in [1.807, 2.05) is 0 Å². The molecule has 326 valence electrons. The molecule has 6 saturated carbocycles. The molecule has 0 aliphatic heterocycles. The van der Waals surface area contributed by atoms with Crippen LogP contribution in [0.4, 0.5) is 0 Å². The minimum atomic E-state index is 0.0951. The minimum Gasteiger partial charge on any atom is -0.306 e. The fraction of sp³-hybridized carbons (Fsp3) is 0.444. The molecular formula is C63H64N2. The molecule has 3 heterocycles. The molecule has 9 aliphatic carbocycles. The van der Waals surface area contributed by atoms with Gasteiger partial charge in [-0.05, 0) is 220 Å². The molecule has 2 atom stereocenters. The van der Waals surface area contributed by atoms with Gasteiger partial charge in [-0.25, -0.2) is 0 Å². The fourth-order valence-electron chi connectivity index (χ4n) is 17.6. The third-order valence-electron chi connectivity index (χ3n) is 19.7. The first-order valence-electron chi connectivity index (χ1n) is 26.2. The van der Waals surface area contributed by atoms with E-state index in [4.69, 9.17) is 4.98 Å². The fourth-order valence-corrected chi connectivity index (χ4v) is 17.6. The lowest BCUT2D eigenvalue weighted by atomic mass is 9.43. The number of fused-ring (bicyclic) bond motifs is 9. The van der Waals surface area contributed by atoms with E-state index in [0.717, 1.165) is 35.5 Å². The third-order valence-corrected chi connectivity index (χ3v) is 19.7. The molecule has 0 saturated heterocycles. The van der Waals surface area contributed by atoms with Gasteiger partial charge in [0.25, 0.3) is 0 Å². The average Bonchev–Trinajstić information content (AvgIpc) is 3.86. The molecule has 8 bridgehead atoms. The van der Waals surface area contributed by atoms with Crippen molar-refractivity contribution in [3.05, 3.63) is 130 Å². The van der Waals surface area contributed by atoms with E-state index < -0.39 is 0 Å². The molecule has 0 amide bonds. The highest BCUT2D eigenvalue weighted by Gasteiger charge is 2.61. The van der Waals surface area contributed by atoms with Crippen molar-refractivity contribution in [3.8, 4) is 33.4 Å². The van der Waals surface area contributed by atoms with Gasteiger partial charge in [0.1, 0.15) is 0 Å². The Labute approximate surface area is 385 Å². The summed E-state index contributed by atoms with van der Waals surface area (Å²) in [4.78, 5) is 5.64. The molecule has 2 nitrogen and oxygen atoms in total. The van der Waals surface area contributed by atoms with E-state index in [9.17, 15) is 0 Å². The van der Waals surface area contributed by atoms with E-state index in [1.165, 1.54) is 158 Å². The first kappa shape index (κ1) is 38.2. The normalized spacial score (nSPS) is 29.2. The monoisotopic (exact) mass is 849 g/mol. The van der Waals surface area contributed by atoms with Crippen LogP contribution in [0.3, 0.4) is 0 Å². The molecule has 8 aromatic rings. The molecular weight excluding hydrogens is 785 g/mol. The van der Waals surface area contributed by atoms with Gasteiger partial charge in [0.05, 0.1) is 22.7 Å². The summed E-state index contributed by atoms with van der Waals surface area (Å²) in [5, 5.41) is 5.94. The van der Waals surface area contributed by atoms with Crippen molar-refractivity contribution in [2.75, 3.05) is 0 Å². The summed E-state index contributed by atoms with van der Waals surface area (Å²) in [6, 6.07) is 34.9. The van der Waals surface area contributed by atoms with Gasteiger partial charge >= 0.3 is 0 Å². The van der Waals surface area contributed by atoms with Crippen LogP contribution >= 0.6 is 0 Å². The molecule has 1 spiro atoms. The summed E-state index contributed by atoms with van der Waals surface area (Å²) in [6.07, 6.45) is 16.3. The first-order chi connectivity index (χ1) is 31.6. The van der Waals surface area contributed by atoms with Crippen LogP contribution in [0, 0.1) is 35.5 Å². The van der Waals surface area contributed by atoms with Gasteiger partial charge in [-0.3, -0.25) is 4.98 Å². The second-order valence-corrected chi connectivity index (χ2v) is 24.1. The number of nitrogens with zero attached hydrogens (tertiary/aromatic N) is 2. The lowest BCUT2D eigenvalue weighted by Gasteiger charge is -2.61. The van der Waals surface area contributed by atoms with Crippen LogP contribution in [0.25, 0.3) is 71.5 Å². The maximum atomic E-state index is 5.64. The van der Waals surface area contributed by atoms with Gasteiger partial charge in [0, 0.05) is 38.6 Å². The minimum absolute atomic E-state index is 0.0951. The third kappa shape index (κ3) is 4.95. The van der Waals surface area contributed by atoms with Crippen LogP contribution < -0.4 is 0 Å². The Morgan fingerprint density at radius 3 is 1.82 bits per heavy atom. The van der Waals surface area contributed by atoms with Crippen LogP contribution in [-0.2, 0) is 5.41 Å². The summed E-state index contributed by atoms with van der Waals surface area (Å²) in [7, 11) is 0. The second kappa shape index (κ2) is 13.1. The molecule has 5 aromatic carbocycles. The zero-order valence-corrected chi connectivity index (χ0v) is 39.5. The van der Waals surface area contributed by atoms with Crippen molar-refractivity contribution in [1.82, 2.24) is 9.38 Å². The SMILES string of the molecule is CC(C)c1cc(C(C)C)c(-c2cc3c4cc5c(cc4n4c6cnc7c(c6c(c2)c34)C2CC3CC(CC7C3)C2)-c2cc(-c3ccccc3)ccc2C52C3CC4CC(C3)CC2C4)c(C(C)C)c1. The van der Waals surface area contributed by atoms with Gasteiger partial charge in [-0.1, -0.05) is 96.1 Å². The van der Waals surface area contributed by atoms with Crippen LogP contribution in [0.5, 0.6) is 0 Å². The van der Waals surface area contributed by atoms with Gasteiger partial charge in [0.2, 0.25) is 0 Å². The largest absolute Gasteiger partial charge is 0.306 e. The zero-order valence-electron chi connectivity index (χ0n) is 39.5. The number of hydrogen-bond acceptors (Lipinski definition) is 1.